The van der Waals surface area contributed by atoms with Gasteiger partial charge in [-0.1, -0.05) is 0 Å². The van der Waals surface area contributed by atoms with Crippen molar-refractivity contribution in [3.63, 3.8) is 0 Å². The van der Waals surface area contributed by atoms with Crippen LogP contribution in [-0.4, -0.2) is 37.2 Å². The van der Waals surface area contributed by atoms with Crippen molar-refractivity contribution < 1.29 is 13.9 Å². The Morgan fingerprint density at radius 2 is 2.08 bits per heavy atom. The molecule has 1 aliphatic rings. The number of nitrogens with zero attached hydrogens (tertiary/aromatic N) is 1. The molecule has 2 N–H and O–H groups in total. The fourth-order valence-electron chi connectivity index (χ4n) is 3.02. The van der Waals surface area contributed by atoms with Crippen LogP contribution in [0, 0.1) is 12.7 Å². The molecule has 1 saturated heterocycles. The van der Waals surface area contributed by atoms with Gasteiger partial charge in [-0.15, -0.1) is 0 Å². The number of hydrogen-bond donors (Lipinski definition) is 2. The molecule has 0 bridgehead atoms. The molecule has 0 aliphatic carbocycles. The minimum atomic E-state index is -0.305. The maximum Gasteiger partial charge on any atom is 0.253 e. The van der Waals surface area contributed by atoms with Crippen molar-refractivity contribution in [3.8, 4) is 0 Å². The van der Waals surface area contributed by atoms with E-state index in [1.54, 1.807) is 18.3 Å². The maximum absolute atomic E-state index is 13.8. The largest absolute Gasteiger partial charge is 0.378 e. The normalized spacial score (nSPS) is 16.0. The predicted octanol–water partition coefficient (Wildman–Crippen LogP) is 2.79. The third kappa shape index (κ3) is 3.43. The van der Waals surface area contributed by atoms with Gasteiger partial charge in [0.1, 0.15) is 5.82 Å². The first-order valence-corrected chi connectivity index (χ1v) is 8.13. The monoisotopic (exact) mass is 331 g/mol. The number of aromatic amines is 1. The molecule has 0 spiro atoms. The summed E-state index contributed by atoms with van der Waals surface area (Å²) >= 11 is 0. The number of H-pyrrole nitrogens is 1. The van der Waals surface area contributed by atoms with Crippen molar-refractivity contribution in [1.82, 2.24) is 10.3 Å². The molecule has 2 aromatic rings. The second-order valence-corrected chi connectivity index (χ2v) is 6.01. The van der Waals surface area contributed by atoms with Crippen LogP contribution in [0.15, 0.2) is 30.5 Å². The van der Waals surface area contributed by atoms with Crippen molar-refractivity contribution >= 4 is 11.6 Å². The predicted molar refractivity (Wildman–Crippen MR) is 90.8 cm³/mol. The maximum atomic E-state index is 13.8. The number of amides is 1. The Bertz CT molecular complexity index is 723. The van der Waals surface area contributed by atoms with E-state index in [1.165, 1.54) is 12.1 Å². The molecule has 2 heterocycles. The lowest BCUT2D eigenvalue weighted by Crippen LogP contribution is -2.37. The number of rotatable bonds is 4. The lowest BCUT2D eigenvalue weighted by molar-refractivity contribution is 0.0939. The van der Waals surface area contributed by atoms with E-state index in [2.05, 4.69) is 15.2 Å². The van der Waals surface area contributed by atoms with E-state index < -0.39 is 0 Å². The molecule has 3 rings (SSSR count). The number of aryl methyl sites for hydroxylation is 1. The SMILES string of the molecule is Cc1[nH]ccc1C(=O)NC(C)c1cc(F)ccc1N1CCOCC1. The van der Waals surface area contributed by atoms with Crippen LogP contribution >= 0.6 is 0 Å². The zero-order valence-corrected chi connectivity index (χ0v) is 13.9. The molecule has 128 valence electrons. The molecule has 0 radical (unpaired) electrons. The molecule has 5 nitrogen and oxygen atoms in total. The van der Waals surface area contributed by atoms with Crippen LogP contribution in [0.2, 0.25) is 0 Å². The molecule has 6 heteroatoms. The number of ether oxygens (including phenoxy) is 1. The van der Waals surface area contributed by atoms with Gasteiger partial charge in [-0.25, -0.2) is 4.39 Å². The zero-order valence-electron chi connectivity index (χ0n) is 13.9. The van der Waals surface area contributed by atoms with Gasteiger partial charge in [-0.3, -0.25) is 4.79 Å². The van der Waals surface area contributed by atoms with E-state index >= 15 is 0 Å². The minimum Gasteiger partial charge on any atom is -0.378 e. The van der Waals surface area contributed by atoms with Gasteiger partial charge in [0.25, 0.3) is 5.91 Å². The van der Waals surface area contributed by atoms with Crippen molar-refractivity contribution in [2.45, 2.75) is 19.9 Å². The highest BCUT2D eigenvalue weighted by Crippen LogP contribution is 2.28. The molecule has 1 aromatic carbocycles. The number of nitrogens with one attached hydrogen (secondary N) is 2. The van der Waals surface area contributed by atoms with Gasteiger partial charge in [0.05, 0.1) is 24.8 Å². The second kappa shape index (κ2) is 7.05. The van der Waals surface area contributed by atoms with Crippen molar-refractivity contribution in [2.24, 2.45) is 0 Å². The van der Waals surface area contributed by atoms with Gasteiger partial charge in [0, 0.05) is 36.2 Å². The molecule has 1 aliphatic heterocycles. The summed E-state index contributed by atoms with van der Waals surface area (Å²) in [5.41, 5.74) is 3.13. The summed E-state index contributed by atoms with van der Waals surface area (Å²) in [6.45, 7) is 6.55. The quantitative estimate of drug-likeness (QED) is 0.906. The van der Waals surface area contributed by atoms with Crippen LogP contribution in [0.5, 0.6) is 0 Å². The topological polar surface area (TPSA) is 57.4 Å². The van der Waals surface area contributed by atoms with Gasteiger partial charge >= 0.3 is 0 Å². The van der Waals surface area contributed by atoms with Gasteiger partial charge in [-0.05, 0) is 38.1 Å². The molecule has 1 amide bonds. The molecular formula is C18H22FN3O2. The fraction of sp³-hybridized carbons (Fsp3) is 0.389. The van der Waals surface area contributed by atoms with E-state index in [0.717, 1.165) is 30.0 Å². The number of morpholine rings is 1. The number of benzene rings is 1. The van der Waals surface area contributed by atoms with E-state index in [-0.39, 0.29) is 17.8 Å². The number of carbonyl (C=O) groups excluding carboxylic acids is 1. The number of halogens is 1. The zero-order chi connectivity index (χ0) is 17.1. The van der Waals surface area contributed by atoms with E-state index in [9.17, 15) is 9.18 Å². The summed E-state index contributed by atoms with van der Waals surface area (Å²) in [6, 6.07) is 6.17. The highest BCUT2D eigenvalue weighted by atomic mass is 19.1. The molecule has 1 unspecified atom stereocenters. The van der Waals surface area contributed by atoms with Gasteiger partial charge in [0.2, 0.25) is 0 Å². The Hall–Kier alpha value is -2.34. The fourth-order valence-corrected chi connectivity index (χ4v) is 3.02. The van der Waals surface area contributed by atoms with Crippen molar-refractivity contribution in [3.05, 3.63) is 53.1 Å². The highest BCUT2D eigenvalue weighted by molar-refractivity contribution is 5.95. The van der Waals surface area contributed by atoms with Gasteiger partial charge < -0.3 is 19.9 Å². The van der Waals surface area contributed by atoms with Crippen LogP contribution < -0.4 is 10.2 Å². The third-order valence-electron chi connectivity index (χ3n) is 4.35. The van der Waals surface area contributed by atoms with Crippen molar-refractivity contribution in [1.29, 1.82) is 0 Å². The van der Waals surface area contributed by atoms with E-state index in [1.807, 2.05) is 13.8 Å². The van der Waals surface area contributed by atoms with E-state index in [4.69, 9.17) is 4.74 Å². The first kappa shape index (κ1) is 16.5. The first-order valence-electron chi connectivity index (χ1n) is 8.13. The minimum absolute atomic E-state index is 0.168. The number of aromatic nitrogens is 1. The molecule has 1 fully saturated rings. The van der Waals surface area contributed by atoms with Crippen LogP contribution in [-0.2, 0) is 4.74 Å². The lowest BCUT2D eigenvalue weighted by Gasteiger charge is -2.32. The standard InChI is InChI=1S/C18H22FN3O2/c1-12-15(5-6-20-12)18(23)21-13(2)16-11-14(19)3-4-17(16)22-7-9-24-10-8-22/h3-6,11,13,20H,7-10H2,1-2H3,(H,21,23). The first-order chi connectivity index (χ1) is 11.6. The highest BCUT2D eigenvalue weighted by Gasteiger charge is 2.21. The molecule has 24 heavy (non-hydrogen) atoms. The molecule has 0 saturated carbocycles. The molecular weight excluding hydrogens is 309 g/mol. The van der Waals surface area contributed by atoms with Crippen LogP contribution in [0.1, 0.15) is 34.6 Å². The average Bonchev–Trinajstić information content (AvgIpc) is 3.01. The number of anilines is 1. The second-order valence-electron chi connectivity index (χ2n) is 6.01. The van der Waals surface area contributed by atoms with Gasteiger partial charge in [0.15, 0.2) is 0 Å². The summed E-state index contributed by atoms with van der Waals surface area (Å²) in [5, 5.41) is 2.96. The summed E-state index contributed by atoms with van der Waals surface area (Å²) in [5.74, 6) is -0.473. The van der Waals surface area contributed by atoms with Gasteiger partial charge in [-0.2, -0.15) is 0 Å². The summed E-state index contributed by atoms with van der Waals surface area (Å²) in [6.07, 6.45) is 1.73. The Morgan fingerprint density at radius 3 is 2.75 bits per heavy atom. The summed E-state index contributed by atoms with van der Waals surface area (Å²) in [4.78, 5) is 17.6. The summed E-state index contributed by atoms with van der Waals surface area (Å²) in [7, 11) is 0. The Balaban J connectivity index is 1.83. The van der Waals surface area contributed by atoms with E-state index in [0.29, 0.717) is 18.8 Å². The van der Waals surface area contributed by atoms with Crippen LogP contribution in [0.25, 0.3) is 0 Å². The smallest absolute Gasteiger partial charge is 0.253 e. The Kier molecular flexibility index (Phi) is 4.85. The number of carbonyl (C=O) groups is 1. The Labute approximate surface area is 140 Å². The molecule has 1 atom stereocenters. The number of hydrogen-bond acceptors (Lipinski definition) is 3. The Morgan fingerprint density at radius 1 is 1.33 bits per heavy atom. The lowest BCUT2D eigenvalue weighted by atomic mass is 10.0. The van der Waals surface area contributed by atoms with Crippen LogP contribution in [0.3, 0.4) is 0 Å². The van der Waals surface area contributed by atoms with Crippen molar-refractivity contribution in [2.75, 3.05) is 31.2 Å². The summed E-state index contributed by atoms with van der Waals surface area (Å²) < 4.78 is 19.2. The molecule has 1 aromatic heterocycles. The third-order valence-corrected chi connectivity index (χ3v) is 4.35. The average molecular weight is 331 g/mol. The van der Waals surface area contributed by atoms with Crippen LogP contribution in [0.4, 0.5) is 10.1 Å².